The highest BCUT2D eigenvalue weighted by atomic mass is 16.4. The van der Waals surface area contributed by atoms with E-state index in [2.05, 4.69) is 12.2 Å². The number of aliphatic hydroxyl groups is 1. The smallest absolute Gasteiger partial charge is 0.305 e. The first-order valence-corrected chi connectivity index (χ1v) is 7.85. The maximum atomic E-state index is 11.1. The molecule has 1 aliphatic rings. The number of nitrogens with one attached hydrogen (secondary N) is 1. The molecule has 0 spiro atoms. The van der Waals surface area contributed by atoms with Gasteiger partial charge >= 0.3 is 5.97 Å². The summed E-state index contributed by atoms with van der Waals surface area (Å²) in [6, 6.07) is 7.68. The van der Waals surface area contributed by atoms with Gasteiger partial charge in [0.25, 0.3) is 0 Å². The van der Waals surface area contributed by atoms with Crippen molar-refractivity contribution in [2.24, 2.45) is 0 Å². The summed E-state index contributed by atoms with van der Waals surface area (Å²) in [5.41, 5.74) is 1.99. The van der Waals surface area contributed by atoms with Crippen LogP contribution in [0.5, 0.6) is 0 Å². The summed E-state index contributed by atoms with van der Waals surface area (Å²) >= 11 is 0. The zero-order valence-corrected chi connectivity index (χ0v) is 12.6. The highest BCUT2D eigenvalue weighted by molar-refractivity contribution is 5.67. The lowest BCUT2D eigenvalue weighted by molar-refractivity contribution is -0.138. The molecule has 4 nitrogen and oxygen atoms in total. The van der Waals surface area contributed by atoms with Crippen LogP contribution in [0.2, 0.25) is 0 Å². The van der Waals surface area contributed by atoms with Crippen LogP contribution in [0.4, 0.5) is 0 Å². The summed E-state index contributed by atoms with van der Waals surface area (Å²) in [7, 11) is 0. The standard InChI is InChI=1S/C17H25NO3/c1-2-12-7-9-13(10-8-12)17(21)15(11-16(19)20)18-14-5-3-4-6-14/h7-10,14-15,17-18,21H,2-6,11H2,1H3,(H,19,20). The Hall–Kier alpha value is -1.39. The van der Waals surface area contributed by atoms with Crippen LogP contribution in [0.15, 0.2) is 24.3 Å². The normalized spacial score (nSPS) is 18.6. The Morgan fingerprint density at radius 1 is 1.29 bits per heavy atom. The Kier molecular flexibility index (Phi) is 5.76. The van der Waals surface area contributed by atoms with Crippen LogP contribution in [0, 0.1) is 0 Å². The largest absolute Gasteiger partial charge is 0.481 e. The molecule has 0 amide bonds. The fourth-order valence-electron chi connectivity index (χ4n) is 3.03. The van der Waals surface area contributed by atoms with Crippen LogP contribution < -0.4 is 5.32 Å². The molecule has 2 atom stereocenters. The zero-order chi connectivity index (χ0) is 15.2. The average Bonchev–Trinajstić information content (AvgIpc) is 2.98. The van der Waals surface area contributed by atoms with Gasteiger partial charge in [-0.15, -0.1) is 0 Å². The number of hydrogen-bond acceptors (Lipinski definition) is 3. The van der Waals surface area contributed by atoms with Crippen LogP contribution in [0.25, 0.3) is 0 Å². The van der Waals surface area contributed by atoms with Crippen molar-refractivity contribution in [2.45, 2.75) is 63.6 Å². The number of carboxylic acid groups (broad SMARTS) is 1. The van der Waals surface area contributed by atoms with Gasteiger partial charge < -0.3 is 15.5 Å². The van der Waals surface area contributed by atoms with Crippen molar-refractivity contribution in [1.29, 1.82) is 0 Å². The minimum absolute atomic E-state index is 0.0623. The van der Waals surface area contributed by atoms with Gasteiger partial charge in [0, 0.05) is 12.1 Å². The first-order chi connectivity index (χ1) is 10.1. The van der Waals surface area contributed by atoms with Crippen LogP contribution in [-0.4, -0.2) is 28.3 Å². The molecule has 1 aromatic rings. The molecule has 1 aromatic carbocycles. The van der Waals surface area contributed by atoms with Gasteiger partial charge in [0.2, 0.25) is 0 Å². The Morgan fingerprint density at radius 3 is 2.43 bits per heavy atom. The fraction of sp³-hybridized carbons (Fsp3) is 0.588. The van der Waals surface area contributed by atoms with E-state index in [0.717, 1.165) is 24.8 Å². The van der Waals surface area contributed by atoms with Gasteiger partial charge in [0.1, 0.15) is 0 Å². The summed E-state index contributed by atoms with van der Waals surface area (Å²) in [4.78, 5) is 11.1. The van der Waals surface area contributed by atoms with Crippen LogP contribution in [0.3, 0.4) is 0 Å². The van der Waals surface area contributed by atoms with Gasteiger partial charge in [-0.05, 0) is 30.4 Å². The molecule has 0 radical (unpaired) electrons. The van der Waals surface area contributed by atoms with Gasteiger partial charge in [-0.3, -0.25) is 4.79 Å². The molecule has 116 valence electrons. The van der Waals surface area contributed by atoms with E-state index in [0.29, 0.717) is 6.04 Å². The fourth-order valence-corrected chi connectivity index (χ4v) is 3.03. The Balaban J connectivity index is 2.07. The number of aliphatic hydroxyl groups excluding tert-OH is 1. The van der Waals surface area contributed by atoms with E-state index in [1.54, 1.807) is 0 Å². The lowest BCUT2D eigenvalue weighted by Crippen LogP contribution is -2.42. The molecule has 0 heterocycles. The third-order valence-corrected chi connectivity index (χ3v) is 4.31. The second kappa shape index (κ2) is 7.57. The summed E-state index contributed by atoms with van der Waals surface area (Å²) in [5, 5.41) is 23.0. The highest BCUT2D eigenvalue weighted by Gasteiger charge is 2.27. The summed E-state index contributed by atoms with van der Waals surface area (Å²) in [5.74, 6) is -0.880. The van der Waals surface area contributed by atoms with Gasteiger partial charge in [0.05, 0.1) is 12.5 Å². The molecule has 0 aromatic heterocycles. The Bertz CT molecular complexity index is 452. The van der Waals surface area contributed by atoms with E-state index in [1.165, 1.54) is 18.4 Å². The molecule has 21 heavy (non-hydrogen) atoms. The summed E-state index contributed by atoms with van der Waals surface area (Å²) < 4.78 is 0. The molecule has 0 bridgehead atoms. The predicted molar refractivity (Wildman–Crippen MR) is 82.2 cm³/mol. The third kappa shape index (κ3) is 4.55. The second-order valence-corrected chi connectivity index (χ2v) is 5.89. The molecule has 1 saturated carbocycles. The van der Waals surface area contributed by atoms with Gasteiger partial charge in [-0.1, -0.05) is 44.0 Å². The molecule has 2 unspecified atom stereocenters. The first-order valence-electron chi connectivity index (χ1n) is 7.85. The molecule has 1 aliphatic carbocycles. The van der Waals surface area contributed by atoms with Crippen molar-refractivity contribution in [3.8, 4) is 0 Å². The maximum absolute atomic E-state index is 11.1. The zero-order valence-electron chi connectivity index (χ0n) is 12.6. The molecule has 0 aliphatic heterocycles. The number of carbonyl (C=O) groups is 1. The van der Waals surface area contributed by atoms with E-state index in [4.69, 9.17) is 5.11 Å². The van der Waals surface area contributed by atoms with Crippen molar-refractivity contribution in [2.75, 3.05) is 0 Å². The summed E-state index contributed by atoms with van der Waals surface area (Å²) in [6.07, 6.45) is 4.60. The highest BCUT2D eigenvalue weighted by Crippen LogP contribution is 2.24. The minimum Gasteiger partial charge on any atom is -0.481 e. The SMILES string of the molecule is CCc1ccc(C(O)C(CC(=O)O)NC2CCCC2)cc1. The number of hydrogen-bond donors (Lipinski definition) is 3. The van der Waals surface area contributed by atoms with E-state index >= 15 is 0 Å². The van der Waals surface area contributed by atoms with Crippen LogP contribution >= 0.6 is 0 Å². The Morgan fingerprint density at radius 2 is 1.90 bits per heavy atom. The lowest BCUT2D eigenvalue weighted by atomic mass is 9.97. The predicted octanol–water partition coefficient (Wildman–Crippen LogP) is 2.66. The molecular weight excluding hydrogens is 266 g/mol. The monoisotopic (exact) mass is 291 g/mol. The van der Waals surface area contributed by atoms with E-state index < -0.39 is 18.1 Å². The molecule has 2 rings (SSSR count). The van der Waals surface area contributed by atoms with E-state index in [-0.39, 0.29) is 6.42 Å². The van der Waals surface area contributed by atoms with Crippen molar-refractivity contribution < 1.29 is 15.0 Å². The van der Waals surface area contributed by atoms with Gasteiger partial charge in [-0.25, -0.2) is 0 Å². The van der Waals surface area contributed by atoms with Crippen molar-refractivity contribution in [3.63, 3.8) is 0 Å². The van der Waals surface area contributed by atoms with Crippen LogP contribution in [-0.2, 0) is 11.2 Å². The third-order valence-electron chi connectivity index (χ3n) is 4.31. The van der Waals surface area contributed by atoms with Crippen LogP contribution in [0.1, 0.15) is 56.3 Å². The molecule has 3 N–H and O–H groups in total. The second-order valence-electron chi connectivity index (χ2n) is 5.89. The van der Waals surface area contributed by atoms with E-state index in [1.807, 2.05) is 24.3 Å². The number of aliphatic carboxylic acids is 1. The lowest BCUT2D eigenvalue weighted by Gasteiger charge is -2.26. The summed E-state index contributed by atoms with van der Waals surface area (Å²) in [6.45, 7) is 2.08. The average molecular weight is 291 g/mol. The van der Waals surface area contributed by atoms with Crippen molar-refractivity contribution in [1.82, 2.24) is 5.32 Å². The number of benzene rings is 1. The number of aryl methyl sites for hydroxylation is 1. The quantitative estimate of drug-likeness (QED) is 0.722. The number of rotatable bonds is 7. The molecule has 0 saturated heterocycles. The van der Waals surface area contributed by atoms with Gasteiger partial charge in [0.15, 0.2) is 0 Å². The van der Waals surface area contributed by atoms with Gasteiger partial charge in [-0.2, -0.15) is 0 Å². The Labute approximate surface area is 126 Å². The van der Waals surface area contributed by atoms with Crippen molar-refractivity contribution >= 4 is 5.97 Å². The number of carboxylic acids is 1. The molecule has 1 fully saturated rings. The topological polar surface area (TPSA) is 69.6 Å². The maximum Gasteiger partial charge on any atom is 0.305 e. The van der Waals surface area contributed by atoms with E-state index in [9.17, 15) is 9.90 Å². The molecular formula is C17H25NO3. The minimum atomic E-state index is -0.880. The first kappa shape index (κ1) is 16.0. The van der Waals surface area contributed by atoms with Crippen molar-refractivity contribution in [3.05, 3.63) is 35.4 Å². The molecule has 4 heteroatoms.